The van der Waals surface area contributed by atoms with Gasteiger partial charge in [-0.05, 0) is 38.6 Å². The Labute approximate surface area is 188 Å². The van der Waals surface area contributed by atoms with Gasteiger partial charge in [0.05, 0.1) is 12.6 Å². The van der Waals surface area contributed by atoms with Gasteiger partial charge in [-0.2, -0.15) is 0 Å². The zero-order chi connectivity index (χ0) is 24.5. The summed E-state index contributed by atoms with van der Waals surface area (Å²) in [5, 5.41) is 19.2. The Balaban J connectivity index is 4.78. The predicted molar refractivity (Wildman–Crippen MR) is 120 cm³/mol. The van der Waals surface area contributed by atoms with Crippen LogP contribution < -0.4 is 38.5 Å². The van der Waals surface area contributed by atoms with E-state index in [2.05, 4.69) is 26.3 Å². The first-order valence-electron chi connectivity index (χ1n) is 10.6. The van der Waals surface area contributed by atoms with E-state index < -0.39 is 36.4 Å². The Morgan fingerprint density at radius 3 is 2.06 bits per heavy atom. The van der Waals surface area contributed by atoms with E-state index in [1.165, 1.54) is 0 Å². The molecular weight excluding hydrogens is 420 g/mol. The molecule has 0 aliphatic carbocycles. The number of guanidine groups is 1. The van der Waals surface area contributed by atoms with E-state index in [9.17, 15) is 19.2 Å². The van der Waals surface area contributed by atoms with Gasteiger partial charge in [0.2, 0.25) is 17.7 Å². The number of carboxylic acids is 1. The highest BCUT2D eigenvalue weighted by molar-refractivity contribution is 5.92. The minimum atomic E-state index is -1.19. The van der Waals surface area contributed by atoms with Crippen molar-refractivity contribution in [3.05, 3.63) is 0 Å². The smallest absolute Gasteiger partial charge is 0.322 e. The highest BCUT2D eigenvalue weighted by Crippen LogP contribution is 2.02. The SMILES string of the molecule is CC(C)NC(CCCN=C(N)N)C(=O)NCC(=O)NC(CCCCN)C(=O)NCC(=O)O. The molecule has 2 atom stereocenters. The van der Waals surface area contributed by atoms with Crippen LogP contribution in [0.15, 0.2) is 4.99 Å². The third-order valence-electron chi connectivity index (χ3n) is 4.23. The number of nitrogens with two attached hydrogens (primary N) is 3. The standard InChI is InChI=1S/C19H38N8O5/c1-12(2)26-13(7-5-9-23-19(21)22)17(31)24-10-15(28)27-14(6-3-4-8-20)18(32)25-11-16(29)30/h12-14,26H,3-11,20H2,1-2H3,(H,24,31)(H,25,32)(H,27,28)(H,29,30)(H4,21,22,23). The van der Waals surface area contributed by atoms with Crippen molar-refractivity contribution in [1.82, 2.24) is 21.3 Å². The second kappa shape index (κ2) is 16.7. The molecule has 0 saturated carbocycles. The number of hydrogen-bond donors (Lipinski definition) is 8. The van der Waals surface area contributed by atoms with Crippen molar-refractivity contribution in [1.29, 1.82) is 0 Å². The van der Waals surface area contributed by atoms with Crippen LogP contribution in [0.1, 0.15) is 46.0 Å². The molecule has 3 amide bonds. The fourth-order valence-electron chi connectivity index (χ4n) is 2.78. The van der Waals surface area contributed by atoms with Crippen LogP contribution in [0.5, 0.6) is 0 Å². The number of nitrogens with one attached hydrogen (secondary N) is 4. The maximum absolute atomic E-state index is 12.5. The van der Waals surface area contributed by atoms with Crippen LogP contribution in [0.2, 0.25) is 0 Å². The van der Waals surface area contributed by atoms with E-state index in [4.69, 9.17) is 22.3 Å². The van der Waals surface area contributed by atoms with Gasteiger partial charge >= 0.3 is 5.97 Å². The molecule has 0 aromatic heterocycles. The number of carbonyl (C=O) groups is 4. The summed E-state index contributed by atoms with van der Waals surface area (Å²) in [6.45, 7) is 3.71. The second-order valence-corrected chi connectivity index (χ2v) is 7.56. The molecule has 0 aromatic carbocycles. The number of unbranched alkanes of at least 4 members (excludes halogenated alkanes) is 1. The minimum Gasteiger partial charge on any atom is -0.480 e. The van der Waals surface area contributed by atoms with E-state index in [1.54, 1.807) is 0 Å². The van der Waals surface area contributed by atoms with Crippen molar-refractivity contribution in [3.63, 3.8) is 0 Å². The monoisotopic (exact) mass is 458 g/mol. The average molecular weight is 459 g/mol. The number of nitrogens with zero attached hydrogens (tertiary/aromatic N) is 1. The molecular formula is C19H38N8O5. The molecule has 11 N–H and O–H groups in total. The van der Waals surface area contributed by atoms with Gasteiger partial charge < -0.3 is 43.6 Å². The van der Waals surface area contributed by atoms with Crippen LogP contribution in [-0.4, -0.2) is 79.1 Å². The minimum absolute atomic E-state index is 0.0205. The van der Waals surface area contributed by atoms with Crippen molar-refractivity contribution in [2.45, 2.75) is 64.1 Å². The van der Waals surface area contributed by atoms with Crippen molar-refractivity contribution >= 4 is 29.7 Å². The number of amides is 3. The zero-order valence-corrected chi connectivity index (χ0v) is 18.9. The Morgan fingerprint density at radius 1 is 0.906 bits per heavy atom. The van der Waals surface area contributed by atoms with Crippen LogP contribution in [-0.2, 0) is 19.2 Å². The summed E-state index contributed by atoms with van der Waals surface area (Å²) in [6, 6.07) is -1.43. The summed E-state index contributed by atoms with van der Waals surface area (Å²) >= 11 is 0. The first-order valence-corrected chi connectivity index (χ1v) is 10.6. The predicted octanol–water partition coefficient (Wildman–Crippen LogP) is -2.66. The van der Waals surface area contributed by atoms with E-state index in [-0.39, 0.29) is 24.5 Å². The molecule has 0 aliphatic rings. The maximum Gasteiger partial charge on any atom is 0.322 e. The van der Waals surface area contributed by atoms with Crippen molar-refractivity contribution in [3.8, 4) is 0 Å². The lowest BCUT2D eigenvalue weighted by molar-refractivity contribution is -0.138. The molecule has 2 unspecified atom stereocenters. The number of aliphatic carboxylic acids is 1. The number of hydrogen-bond acceptors (Lipinski definition) is 7. The normalized spacial score (nSPS) is 12.5. The Bertz CT molecular complexity index is 637. The second-order valence-electron chi connectivity index (χ2n) is 7.56. The van der Waals surface area contributed by atoms with Crippen molar-refractivity contribution in [2.24, 2.45) is 22.2 Å². The molecule has 0 fully saturated rings. The van der Waals surface area contributed by atoms with Crippen LogP contribution in [0.3, 0.4) is 0 Å². The number of carboxylic acid groups (broad SMARTS) is 1. The average Bonchev–Trinajstić information content (AvgIpc) is 2.71. The third kappa shape index (κ3) is 15.0. The molecule has 0 radical (unpaired) electrons. The van der Waals surface area contributed by atoms with Gasteiger partial charge in [-0.3, -0.25) is 24.2 Å². The van der Waals surface area contributed by atoms with Gasteiger partial charge in [-0.25, -0.2) is 0 Å². The topological polar surface area (TPSA) is 227 Å². The van der Waals surface area contributed by atoms with Gasteiger partial charge in [0, 0.05) is 12.6 Å². The van der Waals surface area contributed by atoms with Gasteiger partial charge in [-0.15, -0.1) is 0 Å². The van der Waals surface area contributed by atoms with Crippen LogP contribution in [0, 0.1) is 0 Å². The number of aliphatic imine (C=N–C) groups is 1. The highest BCUT2D eigenvalue weighted by Gasteiger charge is 2.23. The molecule has 13 nitrogen and oxygen atoms in total. The summed E-state index contributed by atoms with van der Waals surface area (Å²) < 4.78 is 0. The van der Waals surface area contributed by atoms with Gasteiger partial charge in [-0.1, -0.05) is 13.8 Å². The van der Waals surface area contributed by atoms with Gasteiger partial charge in [0.15, 0.2) is 5.96 Å². The van der Waals surface area contributed by atoms with Crippen LogP contribution in [0.4, 0.5) is 0 Å². The Hall–Kier alpha value is -2.93. The molecule has 0 aliphatic heterocycles. The zero-order valence-electron chi connectivity index (χ0n) is 18.9. The van der Waals surface area contributed by atoms with Crippen LogP contribution in [0.25, 0.3) is 0 Å². The van der Waals surface area contributed by atoms with E-state index in [0.29, 0.717) is 45.2 Å². The summed E-state index contributed by atoms with van der Waals surface area (Å²) in [6.07, 6.45) is 2.55. The van der Waals surface area contributed by atoms with Crippen molar-refractivity contribution in [2.75, 3.05) is 26.2 Å². The fraction of sp³-hybridized carbons (Fsp3) is 0.737. The Morgan fingerprint density at radius 2 is 1.50 bits per heavy atom. The van der Waals surface area contributed by atoms with Gasteiger partial charge in [0.1, 0.15) is 12.6 Å². The van der Waals surface area contributed by atoms with Crippen molar-refractivity contribution < 1.29 is 24.3 Å². The molecule has 0 saturated heterocycles. The molecule has 32 heavy (non-hydrogen) atoms. The lowest BCUT2D eigenvalue weighted by Crippen LogP contribution is -2.52. The van der Waals surface area contributed by atoms with E-state index >= 15 is 0 Å². The molecule has 0 heterocycles. The molecule has 13 heteroatoms. The lowest BCUT2D eigenvalue weighted by atomic mass is 10.1. The molecule has 0 rings (SSSR count). The number of carbonyl (C=O) groups excluding carboxylic acids is 3. The van der Waals surface area contributed by atoms with Crippen LogP contribution >= 0.6 is 0 Å². The summed E-state index contributed by atoms with van der Waals surface area (Å²) in [5.41, 5.74) is 16.0. The third-order valence-corrected chi connectivity index (χ3v) is 4.23. The summed E-state index contributed by atoms with van der Waals surface area (Å²) in [5.74, 6) is -2.75. The first kappa shape index (κ1) is 29.1. The molecule has 0 aromatic rings. The van der Waals surface area contributed by atoms with E-state index in [0.717, 1.165) is 0 Å². The highest BCUT2D eigenvalue weighted by atomic mass is 16.4. The molecule has 0 bridgehead atoms. The number of rotatable bonds is 17. The molecule has 184 valence electrons. The lowest BCUT2D eigenvalue weighted by Gasteiger charge is -2.21. The largest absolute Gasteiger partial charge is 0.480 e. The fourth-order valence-corrected chi connectivity index (χ4v) is 2.78. The Kier molecular flexibility index (Phi) is 15.2. The maximum atomic E-state index is 12.5. The summed E-state index contributed by atoms with van der Waals surface area (Å²) in [7, 11) is 0. The molecule has 0 spiro atoms. The first-order chi connectivity index (χ1) is 15.1. The van der Waals surface area contributed by atoms with E-state index in [1.807, 2.05) is 13.8 Å². The van der Waals surface area contributed by atoms with Gasteiger partial charge in [0.25, 0.3) is 0 Å². The summed E-state index contributed by atoms with van der Waals surface area (Å²) in [4.78, 5) is 51.6. The quantitative estimate of drug-likeness (QED) is 0.0645.